The second-order valence-electron chi connectivity index (χ2n) is 2.47. The van der Waals surface area contributed by atoms with Crippen LogP contribution in [0.2, 0.25) is 0 Å². The summed E-state index contributed by atoms with van der Waals surface area (Å²) in [5.74, 6) is 0.588. The van der Waals surface area contributed by atoms with Crippen molar-refractivity contribution in [1.82, 2.24) is 9.97 Å². The molecule has 0 unspecified atom stereocenters. The number of aromatic nitrogens is 2. The maximum atomic E-state index is 4.03. The maximum absolute atomic E-state index is 4.03. The molecule has 0 aliphatic carbocycles. The molecule has 0 saturated carbocycles. The lowest BCUT2D eigenvalue weighted by Crippen LogP contribution is -1.94. The fourth-order valence-corrected chi connectivity index (χ4v) is 0.955. The van der Waals surface area contributed by atoms with Gasteiger partial charge >= 0.3 is 0 Å². The van der Waals surface area contributed by atoms with E-state index in [0.717, 1.165) is 5.69 Å². The number of para-hydroxylation sites is 1. The molecule has 1 aromatic heterocycles. The molecule has 1 aromatic carbocycles. The fraction of sp³-hybridized carbons (Fsp3) is 0. The minimum atomic E-state index is 0.588. The van der Waals surface area contributed by atoms with Crippen LogP contribution in [0.25, 0.3) is 0 Å². The Morgan fingerprint density at radius 2 is 1.92 bits per heavy atom. The molecule has 0 amide bonds. The van der Waals surface area contributed by atoms with Crippen molar-refractivity contribution < 1.29 is 0 Å². The van der Waals surface area contributed by atoms with Gasteiger partial charge in [0.2, 0.25) is 5.95 Å². The molecule has 0 atom stereocenters. The van der Waals surface area contributed by atoms with Gasteiger partial charge in [-0.15, -0.1) is 0 Å². The van der Waals surface area contributed by atoms with Crippen molar-refractivity contribution in [1.29, 1.82) is 0 Å². The van der Waals surface area contributed by atoms with E-state index in [-0.39, 0.29) is 0 Å². The van der Waals surface area contributed by atoms with Crippen molar-refractivity contribution in [2.75, 3.05) is 5.32 Å². The molecule has 13 heavy (non-hydrogen) atoms. The van der Waals surface area contributed by atoms with Gasteiger partial charge < -0.3 is 5.32 Å². The van der Waals surface area contributed by atoms with Gasteiger partial charge in [-0.05, 0) is 12.1 Å². The normalized spacial score (nSPS) is 9.54. The van der Waals surface area contributed by atoms with Crippen molar-refractivity contribution in [3.63, 3.8) is 0 Å². The second-order valence-corrected chi connectivity index (χ2v) is 2.47. The Morgan fingerprint density at radius 1 is 1.08 bits per heavy atom. The zero-order valence-corrected chi connectivity index (χ0v) is 6.94. The molecule has 0 spiro atoms. The van der Waals surface area contributed by atoms with Crippen LogP contribution < -0.4 is 5.32 Å². The van der Waals surface area contributed by atoms with Crippen molar-refractivity contribution in [2.45, 2.75) is 0 Å². The first-order valence-corrected chi connectivity index (χ1v) is 3.96. The fourth-order valence-electron chi connectivity index (χ4n) is 0.955. The second kappa shape index (κ2) is 3.67. The number of hydrogen-bond donors (Lipinski definition) is 1. The molecule has 2 aromatic rings. The summed E-state index contributed by atoms with van der Waals surface area (Å²) in [6.45, 7) is 0. The Bertz CT molecular complexity index is 321. The third-order valence-electron chi connectivity index (χ3n) is 1.52. The predicted molar refractivity (Wildman–Crippen MR) is 50.6 cm³/mol. The highest BCUT2D eigenvalue weighted by atomic mass is 15.1. The van der Waals surface area contributed by atoms with Crippen molar-refractivity contribution in [2.24, 2.45) is 0 Å². The summed E-state index contributed by atoms with van der Waals surface area (Å²) in [6.07, 6.45) is 3.39. The minimum Gasteiger partial charge on any atom is -0.324 e. The number of nitrogens with zero attached hydrogens (tertiary/aromatic N) is 2. The Labute approximate surface area is 76.5 Å². The first-order chi connectivity index (χ1) is 6.45. The third-order valence-corrected chi connectivity index (χ3v) is 1.52. The lowest BCUT2D eigenvalue weighted by atomic mass is 10.3. The van der Waals surface area contributed by atoms with Gasteiger partial charge in [0, 0.05) is 24.1 Å². The van der Waals surface area contributed by atoms with Crippen LogP contribution >= 0.6 is 0 Å². The van der Waals surface area contributed by atoms with Crippen LogP contribution in [0.1, 0.15) is 0 Å². The van der Waals surface area contributed by atoms with Crippen LogP contribution in [0, 0.1) is 6.07 Å². The van der Waals surface area contributed by atoms with Crippen LogP contribution in [-0.2, 0) is 0 Å². The topological polar surface area (TPSA) is 37.8 Å². The lowest BCUT2D eigenvalue weighted by molar-refractivity contribution is 1.17. The molecule has 0 fully saturated rings. The molecule has 0 saturated heterocycles. The van der Waals surface area contributed by atoms with E-state index in [1.807, 2.05) is 24.3 Å². The highest BCUT2D eigenvalue weighted by molar-refractivity contribution is 5.51. The van der Waals surface area contributed by atoms with Gasteiger partial charge in [-0.3, -0.25) is 0 Å². The van der Waals surface area contributed by atoms with Crippen molar-refractivity contribution in [3.8, 4) is 0 Å². The van der Waals surface area contributed by atoms with Crippen LogP contribution in [0.3, 0.4) is 0 Å². The number of hydrogen-bond acceptors (Lipinski definition) is 3. The molecule has 0 aliphatic rings. The molecule has 63 valence electrons. The van der Waals surface area contributed by atoms with Crippen LogP contribution in [0.4, 0.5) is 11.6 Å². The quantitative estimate of drug-likeness (QED) is 0.749. The molecule has 0 bridgehead atoms. The summed E-state index contributed by atoms with van der Waals surface area (Å²) in [5, 5.41) is 3.03. The molecule has 1 N–H and O–H groups in total. The average Bonchev–Trinajstić information content (AvgIpc) is 2.21. The van der Waals surface area contributed by atoms with E-state index >= 15 is 0 Å². The van der Waals surface area contributed by atoms with E-state index in [2.05, 4.69) is 21.4 Å². The smallest absolute Gasteiger partial charge is 0.227 e. The van der Waals surface area contributed by atoms with E-state index in [9.17, 15) is 0 Å². The zero-order valence-electron chi connectivity index (χ0n) is 6.94. The number of benzene rings is 1. The van der Waals surface area contributed by atoms with E-state index in [1.54, 1.807) is 18.5 Å². The molecular weight excluding hydrogens is 162 g/mol. The Kier molecular flexibility index (Phi) is 2.18. The highest BCUT2D eigenvalue weighted by Crippen LogP contribution is 2.09. The summed E-state index contributed by atoms with van der Waals surface area (Å²) < 4.78 is 0. The minimum absolute atomic E-state index is 0.588. The third kappa shape index (κ3) is 2.02. The highest BCUT2D eigenvalue weighted by Gasteiger charge is 1.93. The monoisotopic (exact) mass is 170 g/mol. The summed E-state index contributed by atoms with van der Waals surface area (Å²) in [4.78, 5) is 8.06. The van der Waals surface area contributed by atoms with Gasteiger partial charge in [-0.25, -0.2) is 9.97 Å². The van der Waals surface area contributed by atoms with Crippen LogP contribution in [0.5, 0.6) is 0 Å². The van der Waals surface area contributed by atoms with E-state index in [4.69, 9.17) is 0 Å². The molecule has 1 heterocycles. The van der Waals surface area contributed by atoms with Gasteiger partial charge in [-0.2, -0.15) is 0 Å². The van der Waals surface area contributed by atoms with E-state index in [1.165, 1.54) is 0 Å². The van der Waals surface area contributed by atoms with Gasteiger partial charge in [0.1, 0.15) is 0 Å². The summed E-state index contributed by atoms with van der Waals surface area (Å²) in [7, 11) is 0. The van der Waals surface area contributed by atoms with Gasteiger partial charge in [0.25, 0.3) is 0 Å². The molecule has 3 heteroatoms. The van der Waals surface area contributed by atoms with Gasteiger partial charge in [0.05, 0.1) is 0 Å². The molecule has 3 nitrogen and oxygen atoms in total. The van der Waals surface area contributed by atoms with Gasteiger partial charge in [0.15, 0.2) is 0 Å². The SMILES string of the molecule is [c]1ccccc1Nc1ncccn1. The van der Waals surface area contributed by atoms with Crippen LogP contribution in [-0.4, -0.2) is 9.97 Å². The largest absolute Gasteiger partial charge is 0.324 e. The van der Waals surface area contributed by atoms with Crippen molar-refractivity contribution in [3.05, 3.63) is 48.8 Å². The number of rotatable bonds is 2. The average molecular weight is 170 g/mol. The number of anilines is 2. The first kappa shape index (κ1) is 7.73. The Balaban J connectivity index is 2.16. The number of nitrogens with one attached hydrogen (secondary N) is 1. The molecular formula is C10H8N3. The predicted octanol–water partition coefficient (Wildman–Crippen LogP) is 2.02. The summed E-state index contributed by atoms with van der Waals surface area (Å²) in [5.41, 5.74) is 0.869. The van der Waals surface area contributed by atoms with Gasteiger partial charge in [-0.1, -0.05) is 18.2 Å². The Morgan fingerprint density at radius 3 is 2.62 bits per heavy atom. The standard InChI is InChI=1S/C10H8N3/c1-2-5-9(6-3-1)13-10-11-7-4-8-12-10/h1-5,7-8H,(H,11,12,13). The summed E-state index contributed by atoms with van der Waals surface area (Å²) >= 11 is 0. The molecule has 2 rings (SSSR count). The zero-order chi connectivity index (χ0) is 8.93. The Hall–Kier alpha value is -1.90. The summed E-state index contributed by atoms with van der Waals surface area (Å²) in [6, 6.07) is 12.4. The van der Waals surface area contributed by atoms with Crippen molar-refractivity contribution >= 4 is 11.6 Å². The van der Waals surface area contributed by atoms with E-state index < -0.39 is 0 Å². The first-order valence-electron chi connectivity index (χ1n) is 3.96. The molecule has 1 radical (unpaired) electrons. The van der Waals surface area contributed by atoms with Crippen LogP contribution in [0.15, 0.2) is 42.7 Å². The van der Waals surface area contributed by atoms with E-state index in [0.29, 0.717) is 5.95 Å². The lowest BCUT2D eigenvalue weighted by Gasteiger charge is -2.01. The molecule has 0 aliphatic heterocycles. The maximum Gasteiger partial charge on any atom is 0.227 e.